The van der Waals surface area contributed by atoms with Crippen LogP contribution in [0.15, 0.2) is 166 Å². The molecule has 356 valence electrons. The number of hydrogen-bond donors (Lipinski definition) is 6. The third kappa shape index (κ3) is 11.6. The van der Waals surface area contributed by atoms with E-state index in [1.54, 1.807) is 97.1 Å². The van der Waals surface area contributed by atoms with Crippen molar-refractivity contribution in [3.63, 3.8) is 0 Å². The molecule has 8 aromatic carbocycles. The monoisotopic (exact) mass is 1000 g/mol. The molecule has 8 rings (SSSR count). The van der Waals surface area contributed by atoms with Gasteiger partial charge in [-0.3, -0.25) is 55.6 Å². The maximum Gasteiger partial charge on any atom is 0.319 e. The first-order valence-corrected chi connectivity index (χ1v) is 20.0. The van der Waals surface area contributed by atoms with Crippen molar-refractivity contribution >= 4 is 84.3 Å². The molecule has 0 spiro atoms. The Balaban J connectivity index is 0.000000229. The summed E-state index contributed by atoms with van der Waals surface area (Å²) in [5.74, 6) is -3.28. The van der Waals surface area contributed by atoms with Gasteiger partial charge < -0.3 is 25.7 Å². The zero-order valence-electron chi connectivity index (χ0n) is 35.9. The molecule has 0 radical (unpaired) electrons. The number of nitrogens with zero attached hydrogens (tertiary/aromatic N) is 8. The van der Waals surface area contributed by atoms with Crippen LogP contribution in [0.1, 0.15) is 15.9 Å². The average molecular weight is 1000 g/mol. The number of amides is 1. The Morgan fingerprint density at radius 1 is 0.507 bits per heavy atom. The van der Waals surface area contributed by atoms with Gasteiger partial charge in [0.2, 0.25) is 11.5 Å². The topological polar surface area (TPSA) is 353 Å². The zero-order chi connectivity index (χ0) is 50.1. The van der Waals surface area contributed by atoms with Crippen molar-refractivity contribution < 1.29 is 67.1 Å². The third-order valence-corrected chi connectivity index (χ3v) is 9.98. The van der Waals surface area contributed by atoms with E-state index >= 15 is 0 Å². The normalized spacial score (nSPS) is 10.9. The van der Waals surface area contributed by atoms with E-state index in [4.69, 9.17) is 4.84 Å². The molecule has 0 aliphatic carbocycles. The van der Waals surface area contributed by atoms with Gasteiger partial charge in [-0.25, -0.2) is 0 Å². The predicted molar refractivity (Wildman–Crippen MR) is 252 cm³/mol. The molecule has 25 heteroatoms. The van der Waals surface area contributed by atoms with Gasteiger partial charge in [-0.1, -0.05) is 84.9 Å². The van der Waals surface area contributed by atoms with Gasteiger partial charge in [0.15, 0.2) is 5.75 Å². The second kappa shape index (κ2) is 22.2. The van der Waals surface area contributed by atoms with Gasteiger partial charge in [0.1, 0.15) is 35.1 Å². The van der Waals surface area contributed by atoms with Gasteiger partial charge in [-0.05, 0) is 47.2 Å². The number of anilines is 2. The summed E-state index contributed by atoms with van der Waals surface area (Å²) in [5.41, 5.74) is -0.213. The summed E-state index contributed by atoms with van der Waals surface area (Å²) in [4.78, 5) is 59.3. The fourth-order valence-electron chi connectivity index (χ4n) is 6.63. The minimum absolute atomic E-state index is 0. The number of hydrogen-bond acceptors (Lipinski definition) is 19. The number of nitro benzene ring substituents is 4. The molecule has 6 N–H and O–H groups in total. The van der Waals surface area contributed by atoms with E-state index < -0.39 is 77.0 Å². The van der Waals surface area contributed by atoms with Crippen LogP contribution in [0.3, 0.4) is 0 Å². The summed E-state index contributed by atoms with van der Waals surface area (Å²) in [6, 6.07) is 37.2. The molecule has 0 aromatic heterocycles. The molecule has 8 aromatic rings. The van der Waals surface area contributed by atoms with Crippen molar-refractivity contribution in [1.82, 2.24) is 0 Å². The average Bonchev–Trinajstić information content (AvgIpc) is 3.34. The molecule has 0 saturated carbocycles. The number of azo groups is 2. The van der Waals surface area contributed by atoms with Crippen LogP contribution in [-0.2, 0) is 28.8 Å². The zero-order valence-corrected chi connectivity index (χ0v) is 37.2. The first kappa shape index (κ1) is 50.5. The fourth-order valence-corrected chi connectivity index (χ4v) is 6.63. The van der Waals surface area contributed by atoms with E-state index in [-0.39, 0.29) is 46.7 Å². The van der Waals surface area contributed by atoms with Crippen LogP contribution in [0, 0.1) is 40.5 Å². The Labute approximate surface area is 408 Å². The number of benzene rings is 8. The van der Waals surface area contributed by atoms with Crippen LogP contribution in [0.25, 0.3) is 21.5 Å². The Kier molecular flexibility index (Phi) is 15.8. The molecule has 0 heterocycles. The molecule has 24 nitrogen and oxygen atoms in total. The van der Waals surface area contributed by atoms with E-state index in [0.29, 0.717) is 50.6 Å². The minimum Gasteiger partial charge on any atom is -0.505 e. The SMILES string of the molecule is O=C(Nc1ccccc1)c1cc2ccccc2c(N=Nc2cc([N+](=O)[O-])cc([N+](=O)[O-])c2O)c1O.O=[N+]([O-])c1cc(N=Nc2c(O)c(CONc3ccccc3)cc3ccccc23)c(O)c([N+](=O)[O-])c1.[Cr]. The van der Waals surface area contributed by atoms with Crippen molar-refractivity contribution in [3.05, 3.63) is 197 Å². The number of fused-ring (bicyclic) bond motifs is 2. The minimum atomic E-state index is -0.997. The number of nitrogens with one attached hydrogen (secondary N) is 2. The van der Waals surface area contributed by atoms with E-state index in [1.807, 2.05) is 18.2 Å². The maximum absolute atomic E-state index is 12.9. The Hall–Kier alpha value is -9.96. The number of non-ortho nitro benzene ring substituents is 2. The quantitative estimate of drug-likeness (QED) is 0.0335. The van der Waals surface area contributed by atoms with E-state index in [1.165, 1.54) is 6.07 Å². The Morgan fingerprint density at radius 3 is 1.42 bits per heavy atom. The van der Waals surface area contributed by atoms with Crippen LogP contribution in [0.4, 0.5) is 56.9 Å². The van der Waals surface area contributed by atoms with Crippen LogP contribution in [-0.4, -0.2) is 46.0 Å². The van der Waals surface area contributed by atoms with Crippen LogP contribution < -0.4 is 10.8 Å². The number of para-hydroxylation sites is 2. The molecule has 0 atom stereocenters. The number of carbonyl (C=O) groups excluding carboxylic acids is 1. The van der Waals surface area contributed by atoms with Crippen LogP contribution in [0.2, 0.25) is 0 Å². The fraction of sp³-hybridized carbons (Fsp3) is 0.0217. The Morgan fingerprint density at radius 2 is 0.944 bits per heavy atom. The summed E-state index contributed by atoms with van der Waals surface area (Å²) >= 11 is 0. The van der Waals surface area contributed by atoms with E-state index in [0.717, 1.165) is 12.1 Å². The predicted octanol–water partition coefficient (Wildman–Crippen LogP) is 11.8. The molecule has 0 aliphatic rings. The summed E-state index contributed by atoms with van der Waals surface area (Å²) in [6.45, 7) is -0.0540. The van der Waals surface area contributed by atoms with Crippen LogP contribution in [0.5, 0.6) is 23.0 Å². The molecule has 0 bridgehead atoms. The number of phenols is 4. The van der Waals surface area contributed by atoms with E-state index in [9.17, 15) is 65.7 Å². The van der Waals surface area contributed by atoms with Crippen molar-refractivity contribution in [3.8, 4) is 23.0 Å². The van der Waals surface area contributed by atoms with Gasteiger partial charge in [-0.15, -0.1) is 20.5 Å². The van der Waals surface area contributed by atoms with Gasteiger partial charge >= 0.3 is 11.4 Å². The Bertz CT molecular complexity index is 3440. The molecule has 0 aliphatic heterocycles. The van der Waals surface area contributed by atoms with Crippen LogP contribution >= 0.6 is 0 Å². The molecule has 0 fully saturated rings. The third-order valence-electron chi connectivity index (χ3n) is 9.98. The first-order chi connectivity index (χ1) is 33.6. The van der Waals surface area contributed by atoms with Gasteiger partial charge in [0, 0.05) is 51.5 Å². The van der Waals surface area contributed by atoms with Crippen molar-refractivity contribution in [2.24, 2.45) is 20.5 Å². The van der Waals surface area contributed by atoms with E-state index in [2.05, 4.69) is 31.3 Å². The van der Waals surface area contributed by atoms with Gasteiger partial charge in [0.05, 0.1) is 43.1 Å². The number of rotatable bonds is 14. The van der Waals surface area contributed by atoms with Crippen molar-refractivity contribution in [1.29, 1.82) is 0 Å². The molecule has 1 amide bonds. The van der Waals surface area contributed by atoms with Crippen molar-refractivity contribution in [2.45, 2.75) is 6.61 Å². The number of phenolic OH excluding ortho intramolecular Hbond substituents is 4. The maximum atomic E-state index is 12.9. The first-order valence-electron chi connectivity index (χ1n) is 20.0. The molecule has 0 unspecified atom stereocenters. The van der Waals surface area contributed by atoms with Gasteiger partial charge in [-0.2, -0.15) is 0 Å². The summed E-state index contributed by atoms with van der Waals surface area (Å²) in [6.07, 6.45) is 0. The standard InChI is InChI=1S/C23H17N5O7.C23H15N5O7.Cr/c29-22-15(13-35-26-16-7-2-1-3-8-16)10-14-6-4-5-9-18(14)21(22)25-24-19-11-17(27(31)32)12-20(23(19)30)28(33)34;29-21-17(23(31)24-14-7-2-1-3-8-14)10-13-6-4-5-9-16(13)20(21)26-25-18-11-15(27(32)33)12-19(22(18)30)28(34)35;/h1-12,26,29-30H,13H2;1-12,29-30H,(H,24,31);. The molecule has 71 heavy (non-hydrogen) atoms. The largest absolute Gasteiger partial charge is 0.505 e. The summed E-state index contributed by atoms with van der Waals surface area (Å²) < 4.78 is 0. The molecular weight excluding hydrogens is 969 g/mol. The second-order valence-electron chi connectivity index (χ2n) is 14.5. The summed E-state index contributed by atoms with van der Waals surface area (Å²) in [5, 5.41) is 107. The number of aromatic hydroxyl groups is 4. The second-order valence-corrected chi connectivity index (χ2v) is 14.5. The summed E-state index contributed by atoms with van der Waals surface area (Å²) in [7, 11) is 0. The molecule has 0 saturated heterocycles. The van der Waals surface area contributed by atoms with Crippen molar-refractivity contribution in [2.75, 3.05) is 10.8 Å². The van der Waals surface area contributed by atoms with Gasteiger partial charge in [0.25, 0.3) is 17.3 Å². The smallest absolute Gasteiger partial charge is 0.319 e. The number of carbonyl (C=O) groups is 1. The number of nitro groups is 4. The molecular formula is C46H32CrN10O14.